The molecular formula is C18H21N3O2S2. The molecule has 2 aromatic rings. The molecule has 25 heavy (non-hydrogen) atoms. The summed E-state index contributed by atoms with van der Waals surface area (Å²) >= 11 is 3.28. The molecule has 0 radical (unpaired) electrons. The van der Waals surface area contributed by atoms with Gasteiger partial charge in [0.1, 0.15) is 0 Å². The number of hydrogen-bond donors (Lipinski definition) is 1. The number of thiazole rings is 1. The maximum absolute atomic E-state index is 12.4. The lowest BCUT2D eigenvalue weighted by Gasteiger charge is -2.17. The monoisotopic (exact) mass is 375 g/mol. The lowest BCUT2D eigenvalue weighted by Crippen LogP contribution is -2.34. The Labute approximate surface area is 155 Å². The second kappa shape index (κ2) is 8.01. The summed E-state index contributed by atoms with van der Waals surface area (Å²) in [6, 6.07) is 7.87. The number of nitrogens with zero attached hydrogens (tertiary/aromatic N) is 2. The third-order valence-electron chi connectivity index (χ3n) is 4.23. The van der Waals surface area contributed by atoms with Crippen molar-refractivity contribution in [3.63, 3.8) is 0 Å². The van der Waals surface area contributed by atoms with Gasteiger partial charge in [-0.2, -0.15) is 0 Å². The van der Waals surface area contributed by atoms with Crippen LogP contribution in [0, 0.1) is 12.8 Å². The van der Waals surface area contributed by atoms with Crippen molar-refractivity contribution in [3.8, 4) is 0 Å². The SMILES string of the molecule is CSc1ccc(N2CC(C(=O)NCCc3csc(C)n3)CC2=O)cc1. The minimum Gasteiger partial charge on any atom is -0.355 e. The number of carbonyl (C=O) groups excluding carboxylic acids is 2. The fourth-order valence-electron chi connectivity index (χ4n) is 2.88. The number of aromatic nitrogens is 1. The standard InChI is InChI=1S/C18H21N3O2S2/c1-12-20-14(11-25-12)7-8-19-18(23)13-9-17(22)21(10-13)15-3-5-16(24-2)6-4-15/h3-6,11,13H,7-10H2,1-2H3,(H,19,23). The molecule has 0 spiro atoms. The average Bonchev–Trinajstić information content (AvgIpc) is 3.20. The highest BCUT2D eigenvalue weighted by Crippen LogP contribution is 2.27. The molecule has 1 aliphatic heterocycles. The Kier molecular flexibility index (Phi) is 5.75. The molecule has 0 bridgehead atoms. The van der Waals surface area contributed by atoms with Gasteiger partial charge in [0, 0.05) is 41.9 Å². The van der Waals surface area contributed by atoms with Gasteiger partial charge >= 0.3 is 0 Å². The highest BCUT2D eigenvalue weighted by Gasteiger charge is 2.34. The van der Waals surface area contributed by atoms with Crippen molar-refractivity contribution in [2.45, 2.75) is 24.7 Å². The van der Waals surface area contributed by atoms with Crippen LogP contribution >= 0.6 is 23.1 Å². The van der Waals surface area contributed by atoms with Crippen LogP contribution in [0.5, 0.6) is 0 Å². The molecule has 2 heterocycles. The van der Waals surface area contributed by atoms with Crippen LogP contribution in [0.25, 0.3) is 0 Å². The maximum Gasteiger partial charge on any atom is 0.227 e. The summed E-state index contributed by atoms with van der Waals surface area (Å²) in [5.74, 6) is -0.333. The summed E-state index contributed by atoms with van der Waals surface area (Å²) in [5, 5.41) is 5.98. The number of aryl methyl sites for hydroxylation is 1. The minimum absolute atomic E-state index is 0.00665. The van der Waals surface area contributed by atoms with Gasteiger partial charge in [-0.15, -0.1) is 23.1 Å². The van der Waals surface area contributed by atoms with Crippen LogP contribution in [0.15, 0.2) is 34.5 Å². The second-order valence-electron chi connectivity index (χ2n) is 6.00. The van der Waals surface area contributed by atoms with Crippen molar-refractivity contribution in [3.05, 3.63) is 40.3 Å². The Morgan fingerprint density at radius 3 is 2.80 bits per heavy atom. The van der Waals surface area contributed by atoms with Gasteiger partial charge in [0.25, 0.3) is 0 Å². The number of hydrogen-bond acceptors (Lipinski definition) is 5. The predicted octanol–water partition coefficient (Wildman–Crippen LogP) is 2.89. The normalized spacial score (nSPS) is 17.1. The van der Waals surface area contributed by atoms with Crippen molar-refractivity contribution < 1.29 is 9.59 Å². The predicted molar refractivity (Wildman–Crippen MR) is 102 cm³/mol. The molecular weight excluding hydrogens is 354 g/mol. The lowest BCUT2D eigenvalue weighted by molar-refractivity contribution is -0.126. The van der Waals surface area contributed by atoms with E-state index in [0.717, 1.165) is 27.7 Å². The summed E-state index contributed by atoms with van der Waals surface area (Å²) in [5.41, 5.74) is 1.86. The summed E-state index contributed by atoms with van der Waals surface area (Å²) < 4.78 is 0. The van der Waals surface area contributed by atoms with Gasteiger partial charge in [-0.25, -0.2) is 4.98 Å². The van der Waals surface area contributed by atoms with Crippen molar-refractivity contribution in [2.75, 3.05) is 24.2 Å². The first-order valence-corrected chi connectivity index (χ1v) is 10.3. The molecule has 3 rings (SSSR count). The fraction of sp³-hybridized carbons (Fsp3) is 0.389. The molecule has 1 aromatic heterocycles. The summed E-state index contributed by atoms with van der Waals surface area (Å²) in [6.45, 7) is 2.96. The zero-order valence-corrected chi connectivity index (χ0v) is 16.0. The third-order valence-corrected chi connectivity index (χ3v) is 5.79. The van der Waals surface area contributed by atoms with E-state index in [9.17, 15) is 9.59 Å². The van der Waals surface area contributed by atoms with Gasteiger partial charge < -0.3 is 10.2 Å². The fourth-order valence-corrected chi connectivity index (χ4v) is 3.93. The van der Waals surface area contributed by atoms with Crippen LogP contribution in [0.1, 0.15) is 17.1 Å². The van der Waals surface area contributed by atoms with Gasteiger partial charge in [0.2, 0.25) is 11.8 Å². The third kappa shape index (κ3) is 4.41. The van der Waals surface area contributed by atoms with E-state index in [-0.39, 0.29) is 24.2 Å². The number of carbonyl (C=O) groups is 2. The topological polar surface area (TPSA) is 62.3 Å². The zero-order valence-electron chi connectivity index (χ0n) is 14.3. The van der Waals surface area contributed by atoms with Crippen LogP contribution < -0.4 is 10.2 Å². The van der Waals surface area contributed by atoms with Crippen LogP contribution in [-0.2, 0) is 16.0 Å². The Morgan fingerprint density at radius 1 is 1.40 bits per heavy atom. The molecule has 1 unspecified atom stereocenters. The van der Waals surface area contributed by atoms with Crippen LogP contribution in [0.2, 0.25) is 0 Å². The number of anilines is 1. The molecule has 0 aliphatic carbocycles. The molecule has 0 saturated carbocycles. The molecule has 132 valence electrons. The molecule has 1 aliphatic rings. The number of benzene rings is 1. The first-order valence-electron chi connectivity index (χ1n) is 8.20. The van der Waals surface area contributed by atoms with Crippen molar-refractivity contribution in [1.29, 1.82) is 0 Å². The van der Waals surface area contributed by atoms with Gasteiger partial charge in [-0.05, 0) is 37.4 Å². The smallest absolute Gasteiger partial charge is 0.227 e. The Bertz CT molecular complexity index is 758. The average molecular weight is 376 g/mol. The zero-order chi connectivity index (χ0) is 17.8. The van der Waals surface area contributed by atoms with E-state index in [1.807, 2.05) is 42.8 Å². The molecule has 7 heteroatoms. The van der Waals surface area contributed by atoms with Crippen molar-refractivity contribution in [2.24, 2.45) is 5.92 Å². The van der Waals surface area contributed by atoms with E-state index in [0.29, 0.717) is 13.1 Å². The van der Waals surface area contributed by atoms with Gasteiger partial charge in [0.05, 0.1) is 16.6 Å². The van der Waals surface area contributed by atoms with Crippen LogP contribution in [-0.4, -0.2) is 36.1 Å². The minimum atomic E-state index is -0.287. The number of rotatable bonds is 6. The summed E-state index contributed by atoms with van der Waals surface area (Å²) in [4.78, 5) is 31.9. The van der Waals surface area contributed by atoms with E-state index in [2.05, 4.69) is 10.3 Å². The summed E-state index contributed by atoms with van der Waals surface area (Å²) in [7, 11) is 0. The largest absolute Gasteiger partial charge is 0.355 e. The first kappa shape index (κ1) is 17.9. The van der Waals surface area contributed by atoms with E-state index in [4.69, 9.17) is 0 Å². The number of amides is 2. The molecule has 1 aromatic carbocycles. The molecule has 2 amide bonds. The number of thioether (sulfide) groups is 1. The van der Waals surface area contributed by atoms with Crippen LogP contribution in [0.4, 0.5) is 5.69 Å². The molecule has 5 nitrogen and oxygen atoms in total. The van der Waals surface area contributed by atoms with Gasteiger partial charge in [-0.3, -0.25) is 9.59 Å². The molecule has 1 atom stereocenters. The number of nitrogens with one attached hydrogen (secondary N) is 1. The quantitative estimate of drug-likeness (QED) is 0.789. The molecule has 1 N–H and O–H groups in total. The van der Waals surface area contributed by atoms with E-state index in [1.165, 1.54) is 0 Å². The van der Waals surface area contributed by atoms with Crippen molar-refractivity contribution in [1.82, 2.24) is 10.3 Å². The van der Waals surface area contributed by atoms with Gasteiger partial charge in [-0.1, -0.05) is 0 Å². The van der Waals surface area contributed by atoms with E-state index < -0.39 is 0 Å². The van der Waals surface area contributed by atoms with Gasteiger partial charge in [0.15, 0.2) is 0 Å². The highest BCUT2D eigenvalue weighted by molar-refractivity contribution is 7.98. The van der Waals surface area contributed by atoms with E-state index in [1.54, 1.807) is 28.0 Å². The van der Waals surface area contributed by atoms with Crippen molar-refractivity contribution >= 4 is 40.6 Å². The Hall–Kier alpha value is -1.86. The summed E-state index contributed by atoms with van der Waals surface area (Å²) in [6.07, 6.45) is 3.01. The van der Waals surface area contributed by atoms with Crippen LogP contribution in [0.3, 0.4) is 0 Å². The van der Waals surface area contributed by atoms with E-state index >= 15 is 0 Å². The Balaban J connectivity index is 1.53. The molecule has 1 saturated heterocycles. The first-order chi connectivity index (χ1) is 12.1. The molecule has 1 fully saturated rings. The second-order valence-corrected chi connectivity index (χ2v) is 7.94. The highest BCUT2D eigenvalue weighted by atomic mass is 32.2. The lowest BCUT2D eigenvalue weighted by atomic mass is 10.1. The maximum atomic E-state index is 12.4. The Morgan fingerprint density at radius 2 is 2.16 bits per heavy atom.